The monoisotopic (exact) mass is 313 g/mol. The first kappa shape index (κ1) is 15.0. The van der Waals surface area contributed by atoms with Gasteiger partial charge in [0.25, 0.3) is 0 Å². The molecule has 1 aromatic rings. The highest BCUT2D eigenvalue weighted by atomic mass is 79.9. The number of rotatable bonds is 4. The number of hydrogen-bond donors (Lipinski definition) is 0. The highest BCUT2D eigenvalue weighted by molar-refractivity contribution is 9.10. The molecule has 0 unspecified atom stereocenters. The molecule has 0 atom stereocenters. The summed E-state index contributed by atoms with van der Waals surface area (Å²) in [7, 11) is 1.91. The lowest BCUT2D eigenvalue weighted by atomic mass is 10.0. The average Bonchev–Trinajstić information content (AvgIpc) is 2.31. The Morgan fingerprint density at radius 2 is 2.06 bits per heavy atom. The fraction of sp³-hybridized carbons (Fsp3) is 0.500. The standard InChI is InChI=1S/C14H20BrNO2/c1-6-18-13(17)14(3,4)16(5)12-9-11(15)8-7-10(12)2/h7-9H,6H2,1-5H3. The number of benzene rings is 1. The van der Waals surface area contributed by atoms with E-state index in [1.165, 1.54) is 0 Å². The van der Waals surface area contributed by atoms with Gasteiger partial charge in [-0.1, -0.05) is 22.0 Å². The Morgan fingerprint density at radius 1 is 1.44 bits per heavy atom. The average molecular weight is 314 g/mol. The molecule has 0 N–H and O–H groups in total. The van der Waals surface area contributed by atoms with Gasteiger partial charge in [-0.05, 0) is 45.4 Å². The summed E-state index contributed by atoms with van der Waals surface area (Å²) in [4.78, 5) is 13.9. The van der Waals surface area contributed by atoms with Crippen molar-refractivity contribution in [3.63, 3.8) is 0 Å². The number of ether oxygens (including phenoxy) is 1. The van der Waals surface area contributed by atoms with Gasteiger partial charge in [0.1, 0.15) is 5.54 Å². The summed E-state index contributed by atoms with van der Waals surface area (Å²) < 4.78 is 6.12. The highest BCUT2D eigenvalue weighted by Gasteiger charge is 2.34. The van der Waals surface area contributed by atoms with E-state index in [2.05, 4.69) is 15.9 Å². The maximum Gasteiger partial charge on any atom is 0.331 e. The second-order valence-corrected chi connectivity index (χ2v) is 5.68. The first-order valence-electron chi connectivity index (χ1n) is 5.98. The van der Waals surface area contributed by atoms with Crippen molar-refractivity contribution >= 4 is 27.6 Å². The molecule has 3 nitrogen and oxygen atoms in total. The molecule has 0 aliphatic rings. The summed E-state index contributed by atoms with van der Waals surface area (Å²) in [6.07, 6.45) is 0. The summed E-state index contributed by atoms with van der Waals surface area (Å²) in [6, 6.07) is 6.03. The second kappa shape index (κ2) is 5.74. The van der Waals surface area contributed by atoms with Gasteiger partial charge in [-0.25, -0.2) is 4.79 Å². The molecule has 0 fully saturated rings. The van der Waals surface area contributed by atoms with Crippen LogP contribution in [0.5, 0.6) is 0 Å². The molecule has 0 saturated heterocycles. The molecule has 1 rings (SSSR count). The number of esters is 1. The smallest absolute Gasteiger partial charge is 0.331 e. The minimum atomic E-state index is -0.693. The van der Waals surface area contributed by atoms with Gasteiger partial charge in [-0.2, -0.15) is 0 Å². The molecular weight excluding hydrogens is 294 g/mol. The predicted molar refractivity (Wildman–Crippen MR) is 78.0 cm³/mol. The van der Waals surface area contributed by atoms with Crippen LogP contribution in [0.25, 0.3) is 0 Å². The Bertz CT molecular complexity index is 443. The lowest BCUT2D eigenvalue weighted by Crippen LogP contribution is -2.49. The van der Waals surface area contributed by atoms with E-state index in [4.69, 9.17) is 4.74 Å². The molecule has 0 amide bonds. The molecule has 0 heterocycles. The number of hydrogen-bond acceptors (Lipinski definition) is 3. The molecule has 0 saturated carbocycles. The van der Waals surface area contributed by atoms with E-state index in [-0.39, 0.29) is 5.97 Å². The van der Waals surface area contributed by atoms with Crippen molar-refractivity contribution in [1.82, 2.24) is 0 Å². The van der Waals surface area contributed by atoms with E-state index in [0.29, 0.717) is 6.61 Å². The van der Waals surface area contributed by atoms with Gasteiger partial charge in [0, 0.05) is 17.2 Å². The fourth-order valence-electron chi connectivity index (χ4n) is 1.69. The largest absolute Gasteiger partial charge is 0.464 e. The van der Waals surface area contributed by atoms with Crippen LogP contribution >= 0.6 is 15.9 Å². The van der Waals surface area contributed by atoms with E-state index in [1.54, 1.807) is 0 Å². The van der Waals surface area contributed by atoms with Gasteiger partial charge in [0.15, 0.2) is 0 Å². The van der Waals surface area contributed by atoms with Crippen molar-refractivity contribution in [2.75, 3.05) is 18.6 Å². The zero-order chi connectivity index (χ0) is 13.9. The van der Waals surface area contributed by atoms with Crippen LogP contribution in [0.1, 0.15) is 26.3 Å². The number of carbonyl (C=O) groups excluding carboxylic acids is 1. The van der Waals surface area contributed by atoms with Gasteiger partial charge in [-0.3, -0.25) is 0 Å². The molecule has 0 bridgehead atoms. The Kier molecular flexibility index (Phi) is 4.79. The SMILES string of the molecule is CCOC(=O)C(C)(C)N(C)c1cc(Br)ccc1C. The molecule has 0 aliphatic heterocycles. The van der Waals surface area contributed by atoms with Crippen molar-refractivity contribution in [3.05, 3.63) is 28.2 Å². The third-order valence-electron chi connectivity index (χ3n) is 3.15. The number of likely N-dealkylation sites (N-methyl/N-ethyl adjacent to an activating group) is 1. The zero-order valence-electron chi connectivity index (χ0n) is 11.6. The third-order valence-corrected chi connectivity index (χ3v) is 3.64. The van der Waals surface area contributed by atoms with Crippen LogP contribution in [-0.4, -0.2) is 25.2 Å². The second-order valence-electron chi connectivity index (χ2n) is 4.77. The first-order chi connectivity index (χ1) is 8.30. The van der Waals surface area contributed by atoms with Crippen molar-refractivity contribution < 1.29 is 9.53 Å². The van der Waals surface area contributed by atoms with Crippen LogP contribution in [0.15, 0.2) is 22.7 Å². The molecule has 100 valence electrons. The molecule has 0 aromatic heterocycles. The maximum atomic E-state index is 12.0. The van der Waals surface area contributed by atoms with Crippen molar-refractivity contribution in [2.45, 2.75) is 33.2 Å². The van der Waals surface area contributed by atoms with Crippen LogP contribution in [0.4, 0.5) is 5.69 Å². The quantitative estimate of drug-likeness (QED) is 0.796. The number of anilines is 1. The van der Waals surface area contributed by atoms with Crippen LogP contribution < -0.4 is 4.90 Å². The van der Waals surface area contributed by atoms with Crippen LogP contribution in [0, 0.1) is 6.92 Å². The zero-order valence-corrected chi connectivity index (χ0v) is 13.2. The van der Waals surface area contributed by atoms with E-state index in [1.807, 2.05) is 57.8 Å². The topological polar surface area (TPSA) is 29.5 Å². The Hall–Kier alpha value is -1.03. The minimum Gasteiger partial charge on any atom is -0.464 e. The summed E-state index contributed by atoms with van der Waals surface area (Å²) in [5.41, 5.74) is 1.45. The lowest BCUT2D eigenvalue weighted by molar-refractivity contribution is -0.148. The summed E-state index contributed by atoms with van der Waals surface area (Å²) in [5, 5.41) is 0. The highest BCUT2D eigenvalue weighted by Crippen LogP contribution is 2.29. The summed E-state index contributed by atoms with van der Waals surface area (Å²) in [5.74, 6) is -0.216. The van der Waals surface area contributed by atoms with E-state index < -0.39 is 5.54 Å². The van der Waals surface area contributed by atoms with Crippen molar-refractivity contribution in [3.8, 4) is 0 Å². The van der Waals surface area contributed by atoms with E-state index >= 15 is 0 Å². The van der Waals surface area contributed by atoms with Crippen LogP contribution in [0.2, 0.25) is 0 Å². The van der Waals surface area contributed by atoms with E-state index in [0.717, 1.165) is 15.7 Å². The lowest BCUT2D eigenvalue weighted by Gasteiger charge is -2.36. The van der Waals surface area contributed by atoms with Crippen LogP contribution in [0.3, 0.4) is 0 Å². The van der Waals surface area contributed by atoms with Crippen molar-refractivity contribution in [2.24, 2.45) is 0 Å². The van der Waals surface area contributed by atoms with Crippen molar-refractivity contribution in [1.29, 1.82) is 0 Å². The number of nitrogens with zero attached hydrogens (tertiary/aromatic N) is 1. The van der Waals surface area contributed by atoms with Gasteiger partial charge >= 0.3 is 5.97 Å². The van der Waals surface area contributed by atoms with Gasteiger partial charge < -0.3 is 9.64 Å². The molecule has 0 spiro atoms. The number of halogens is 1. The number of aryl methyl sites for hydroxylation is 1. The van der Waals surface area contributed by atoms with E-state index in [9.17, 15) is 4.79 Å². The van der Waals surface area contributed by atoms with Gasteiger partial charge in [-0.15, -0.1) is 0 Å². The molecule has 18 heavy (non-hydrogen) atoms. The van der Waals surface area contributed by atoms with Gasteiger partial charge in [0.2, 0.25) is 0 Å². The first-order valence-corrected chi connectivity index (χ1v) is 6.77. The Balaban J connectivity index is 3.08. The number of carbonyl (C=O) groups is 1. The van der Waals surface area contributed by atoms with Crippen LogP contribution in [-0.2, 0) is 9.53 Å². The molecule has 0 radical (unpaired) electrons. The fourth-order valence-corrected chi connectivity index (χ4v) is 2.04. The predicted octanol–water partition coefficient (Wildman–Crippen LogP) is 3.54. The summed E-state index contributed by atoms with van der Waals surface area (Å²) in [6.45, 7) is 7.97. The molecule has 1 aromatic carbocycles. The minimum absolute atomic E-state index is 0.216. The molecule has 4 heteroatoms. The normalized spacial score (nSPS) is 11.2. The molecular formula is C14H20BrNO2. The maximum absolute atomic E-state index is 12.0. The van der Waals surface area contributed by atoms with Gasteiger partial charge in [0.05, 0.1) is 6.61 Å². The Morgan fingerprint density at radius 3 is 2.61 bits per heavy atom. The Labute approximate surface area is 117 Å². The third kappa shape index (κ3) is 3.05. The molecule has 0 aliphatic carbocycles. The summed E-state index contributed by atoms with van der Waals surface area (Å²) >= 11 is 3.46.